The van der Waals surface area contributed by atoms with Crippen LogP contribution in [0.15, 0.2) is 40.9 Å². The number of imide groups is 1. The summed E-state index contributed by atoms with van der Waals surface area (Å²) in [7, 11) is 0. The monoisotopic (exact) mass is 313 g/mol. The summed E-state index contributed by atoms with van der Waals surface area (Å²) in [5.74, 6) is 0.985. The molecule has 0 radical (unpaired) electrons. The van der Waals surface area contributed by atoms with E-state index in [0.29, 0.717) is 5.89 Å². The molecule has 2 heterocycles. The standard InChI is InChI=1S/C17H19N3O3/c1-11(2)13-9-18-14(23-13)10-20-15(21)17(3,19-16(20)22)12-7-5-4-6-8-12/h4-9,11H,10H2,1-3H3,(H,19,22). The molecule has 1 atom stereocenters. The van der Waals surface area contributed by atoms with Gasteiger partial charge in [-0.2, -0.15) is 0 Å². The second-order valence-corrected chi connectivity index (χ2v) is 6.12. The lowest BCUT2D eigenvalue weighted by Crippen LogP contribution is -2.40. The van der Waals surface area contributed by atoms with E-state index in [2.05, 4.69) is 10.3 Å². The van der Waals surface area contributed by atoms with Crippen molar-refractivity contribution in [1.82, 2.24) is 15.2 Å². The lowest BCUT2D eigenvalue weighted by molar-refractivity contribution is -0.131. The second kappa shape index (κ2) is 5.53. The van der Waals surface area contributed by atoms with Crippen LogP contribution in [0.25, 0.3) is 0 Å². The number of rotatable bonds is 4. The third-order valence-electron chi connectivity index (χ3n) is 4.06. The van der Waals surface area contributed by atoms with Crippen LogP contribution in [-0.4, -0.2) is 21.8 Å². The van der Waals surface area contributed by atoms with Gasteiger partial charge in [0.05, 0.1) is 6.20 Å². The van der Waals surface area contributed by atoms with Crippen molar-refractivity contribution in [2.24, 2.45) is 0 Å². The lowest BCUT2D eigenvalue weighted by atomic mass is 9.92. The van der Waals surface area contributed by atoms with Crippen LogP contribution in [0.2, 0.25) is 0 Å². The van der Waals surface area contributed by atoms with Gasteiger partial charge in [-0.15, -0.1) is 0 Å². The number of carbonyl (C=O) groups is 2. The fourth-order valence-corrected chi connectivity index (χ4v) is 2.61. The van der Waals surface area contributed by atoms with Gasteiger partial charge in [-0.1, -0.05) is 44.2 Å². The number of nitrogens with one attached hydrogen (secondary N) is 1. The highest BCUT2D eigenvalue weighted by Gasteiger charge is 2.49. The molecule has 6 heteroatoms. The van der Waals surface area contributed by atoms with E-state index in [-0.39, 0.29) is 18.4 Å². The van der Waals surface area contributed by atoms with E-state index >= 15 is 0 Å². The third kappa shape index (κ3) is 2.60. The van der Waals surface area contributed by atoms with Gasteiger partial charge in [0.1, 0.15) is 17.8 Å². The number of amides is 3. The van der Waals surface area contributed by atoms with Gasteiger partial charge in [0.15, 0.2) is 0 Å². The minimum Gasteiger partial charge on any atom is -0.443 e. The maximum Gasteiger partial charge on any atom is 0.325 e. The minimum absolute atomic E-state index is 0.0276. The van der Waals surface area contributed by atoms with Crippen molar-refractivity contribution in [3.8, 4) is 0 Å². The van der Waals surface area contributed by atoms with Crippen LogP contribution >= 0.6 is 0 Å². The first kappa shape index (κ1) is 15.3. The first-order valence-electron chi connectivity index (χ1n) is 7.56. The Balaban J connectivity index is 1.84. The summed E-state index contributed by atoms with van der Waals surface area (Å²) in [5, 5.41) is 2.76. The van der Waals surface area contributed by atoms with Crippen LogP contribution in [-0.2, 0) is 16.9 Å². The van der Waals surface area contributed by atoms with E-state index in [4.69, 9.17) is 4.42 Å². The predicted octanol–water partition coefficient (Wildman–Crippen LogP) is 2.77. The van der Waals surface area contributed by atoms with Crippen molar-refractivity contribution >= 4 is 11.9 Å². The Hall–Kier alpha value is -2.63. The molecule has 1 aliphatic heterocycles. The molecule has 1 fully saturated rings. The number of nitrogens with zero attached hydrogens (tertiary/aromatic N) is 2. The van der Waals surface area contributed by atoms with Gasteiger partial charge in [0.2, 0.25) is 5.89 Å². The Kier molecular flexibility index (Phi) is 3.67. The Labute approximate surface area is 134 Å². The van der Waals surface area contributed by atoms with Crippen LogP contribution < -0.4 is 5.32 Å². The normalized spacial score (nSPS) is 21.1. The largest absolute Gasteiger partial charge is 0.443 e. The first-order chi connectivity index (χ1) is 10.9. The average molecular weight is 313 g/mol. The molecule has 0 spiro atoms. The molecule has 1 N–H and O–H groups in total. The molecule has 1 saturated heterocycles. The van der Waals surface area contributed by atoms with Crippen LogP contribution in [0.3, 0.4) is 0 Å². The van der Waals surface area contributed by atoms with Crippen LogP contribution in [0.5, 0.6) is 0 Å². The molecule has 0 aliphatic carbocycles. The maximum absolute atomic E-state index is 12.8. The van der Waals surface area contributed by atoms with Gasteiger partial charge in [0.25, 0.3) is 5.91 Å². The van der Waals surface area contributed by atoms with E-state index in [1.807, 2.05) is 44.2 Å². The average Bonchev–Trinajstić information content (AvgIpc) is 3.08. The molecule has 3 rings (SSSR count). The summed E-state index contributed by atoms with van der Waals surface area (Å²) in [6.45, 7) is 5.71. The highest BCUT2D eigenvalue weighted by atomic mass is 16.4. The van der Waals surface area contributed by atoms with Crippen molar-refractivity contribution < 1.29 is 14.0 Å². The Morgan fingerprint density at radius 3 is 2.57 bits per heavy atom. The molecule has 6 nitrogen and oxygen atoms in total. The summed E-state index contributed by atoms with van der Waals surface area (Å²) in [4.78, 5) is 30.3. The van der Waals surface area contributed by atoms with E-state index in [1.54, 1.807) is 13.1 Å². The Morgan fingerprint density at radius 2 is 1.96 bits per heavy atom. The number of urea groups is 1. The van der Waals surface area contributed by atoms with Crippen LogP contribution in [0.4, 0.5) is 4.79 Å². The van der Waals surface area contributed by atoms with Gasteiger partial charge in [-0.25, -0.2) is 9.78 Å². The highest BCUT2D eigenvalue weighted by molar-refractivity contribution is 6.07. The molecule has 0 bridgehead atoms. The van der Waals surface area contributed by atoms with Crippen molar-refractivity contribution in [3.63, 3.8) is 0 Å². The van der Waals surface area contributed by atoms with Gasteiger partial charge < -0.3 is 9.73 Å². The van der Waals surface area contributed by atoms with Crippen molar-refractivity contribution in [2.75, 3.05) is 0 Å². The topological polar surface area (TPSA) is 75.4 Å². The molecule has 1 unspecified atom stereocenters. The second-order valence-electron chi connectivity index (χ2n) is 6.12. The molecular formula is C17H19N3O3. The number of benzene rings is 1. The van der Waals surface area contributed by atoms with E-state index in [9.17, 15) is 9.59 Å². The fourth-order valence-electron chi connectivity index (χ4n) is 2.61. The molecule has 1 aromatic carbocycles. The molecule has 0 saturated carbocycles. The summed E-state index contributed by atoms with van der Waals surface area (Å²) in [6, 6.07) is 8.75. The SMILES string of the molecule is CC(C)c1cnc(CN2C(=O)NC(C)(c3ccccc3)C2=O)o1. The number of carbonyl (C=O) groups excluding carboxylic acids is 2. The zero-order chi connectivity index (χ0) is 16.6. The van der Waals surface area contributed by atoms with Gasteiger partial charge in [-0.05, 0) is 12.5 Å². The zero-order valence-corrected chi connectivity index (χ0v) is 13.4. The molecule has 23 heavy (non-hydrogen) atoms. The van der Waals surface area contributed by atoms with E-state index in [0.717, 1.165) is 16.2 Å². The Morgan fingerprint density at radius 1 is 1.26 bits per heavy atom. The number of aromatic nitrogens is 1. The quantitative estimate of drug-likeness (QED) is 0.881. The Bertz CT molecular complexity index is 739. The smallest absolute Gasteiger partial charge is 0.325 e. The molecule has 3 amide bonds. The third-order valence-corrected chi connectivity index (χ3v) is 4.06. The van der Waals surface area contributed by atoms with Crippen molar-refractivity contribution in [2.45, 2.75) is 38.8 Å². The molecule has 120 valence electrons. The van der Waals surface area contributed by atoms with Crippen molar-refractivity contribution in [1.29, 1.82) is 0 Å². The zero-order valence-electron chi connectivity index (χ0n) is 13.4. The lowest BCUT2D eigenvalue weighted by Gasteiger charge is -2.21. The number of hydrogen-bond acceptors (Lipinski definition) is 4. The summed E-state index contributed by atoms with van der Waals surface area (Å²) in [6.07, 6.45) is 1.63. The van der Waals surface area contributed by atoms with Gasteiger partial charge in [-0.3, -0.25) is 9.69 Å². The number of hydrogen-bond donors (Lipinski definition) is 1. The van der Waals surface area contributed by atoms with E-state index < -0.39 is 11.6 Å². The maximum atomic E-state index is 12.8. The fraction of sp³-hybridized carbons (Fsp3) is 0.353. The first-order valence-corrected chi connectivity index (χ1v) is 7.56. The van der Waals surface area contributed by atoms with Crippen LogP contribution in [0.1, 0.15) is 43.9 Å². The molecule has 1 aromatic heterocycles. The predicted molar refractivity (Wildman–Crippen MR) is 83.5 cm³/mol. The summed E-state index contributed by atoms with van der Waals surface area (Å²) in [5.41, 5.74) is -0.317. The summed E-state index contributed by atoms with van der Waals surface area (Å²) < 4.78 is 5.59. The molecular weight excluding hydrogens is 294 g/mol. The number of oxazole rings is 1. The van der Waals surface area contributed by atoms with Crippen molar-refractivity contribution in [3.05, 3.63) is 53.7 Å². The summed E-state index contributed by atoms with van der Waals surface area (Å²) >= 11 is 0. The molecule has 1 aliphatic rings. The minimum atomic E-state index is -1.06. The highest BCUT2D eigenvalue weighted by Crippen LogP contribution is 2.29. The van der Waals surface area contributed by atoms with Gasteiger partial charge >= 0.3 is 6.03 Å². The van der Waals surface area contributed by atoms with Gasteiger partial charge in [0, 0.05) is 5.92 Å². The van der Waals surface area contributed by atoms with E-state index in [1.165, 1.54) is 0 Å². The van der Waals surface area contributed by atoms with Crippen LogP contribution in [0, 0.1) is 0 Å². The molecule has 2 aromatic rings.